The minimum absolute atomic E-state index is 0.0688. The van der Waals surface area contributed by atoms with Gasteiger partial charge in [-0.1, -0.05) is 13.0 Å². The second-order valence-corrected chi connectivity index (χ2v) is 6.66. The Kier molecular flexibility index (Phi) is 7.33. The molecule has 0 saturated carbocycles. The van der Waals surface area contributed by atoms with Gasteiger partial charge in [-0.3, -0.25) is 4.79 Å². The van der Waals surface area contributed by atoms with E-state index in [1.165, 1.54) is 5.56 Å². The standard InChI is InChI=1S/C20H24BrNO4/c1-5-14-6-8-19(17(21)10-14)26-12-20(23)22-13(2)16-11-15(24-3)7-9-18(16)25-4/h6-11,13H,5,12H2,1-4H3,(H,22,23)/t13-/m1/s1. The summed E-state index contributed by atoms with van der Waals surface area (Å²) in [6, 6.07) is 11.1. The first-order valence-corrected chi connectivity index (χ1v) is 9.20. The third-order valence-electron chi connectivity index (χ3n) is 4.04. The van der Waals surface area contributed by atoms with E-state index in [4.69, 9.17) is 14.2 Å². The third-order valence-corrected chi connectivity index (χ3v) is 4.66. The van der Waals surface area contributed by atoms with Gasteiger partial charge in [-0.2, -0.15) is 0 Å². The Hall–Kier alpha value is -2.21. The molecule has 140 valence electrons. The molecule has 0 fully saturated rings. The summed E-state index contributed by atoms with van der Waals surface area (Å²) in [6.07, 6.45) is 0.944. The number of amides is 1. The van der Waals surface area contributed by atoms with E-state index in [1.807, 2.05) is 43.3 Å². The molecule has 26 heavy (non-hydrogen) atoms. The van der Waals surface area contributed by atoms with Crippen LogP contribution in [0.4, 0.5) is 0 Å². The monoisotopic (exact) mass is 421 g/mol. The minimum Gasteiger partial charge on any atom is -0.497 e. The molecule has 1 N–H and O–H groups in total. The Morgan fingerprint density at radius 2 is 1.85 bits per heavy atom. The second kappa shape index (κ2) is 9.48. The number of halogens is 1. The van der Waals surface area contributed by atoms with Crippen molar-refractivity contribution >= 4 is 21.8 Å². The lowest BCUT2D eigenvalue weighted by Crippen LogP contribution is -2.31. The van der Waals surface area contributed by atoms with E-state index in [9.17, 15) is 4.79 Å². The summed E-state index contributed by atoms with van der Waals surface area (Å²) in [5.74, 6) is 1.83. The zero-order chi connectivity index (χ0) is 19.1. The molecule has 0 saturated heterocycles. The van der Waals surface area contributed by atoms with Gasteiger partial charge < -0.3 is 19.5 Å². The van der Waals surface area contributed by atoms with E-state index < -0.39 is 0 Å². The summed E-state index contributed by atoms with van der Waals surface area (Å²) in [4.78, 5) is 12.3. The highest BCUT2D eigenvalue weighted by atomic mass is 79.9. The molecule has 0 unspecified atom stereocenters. The Labute approximate surface area is 162 Å². The van der Waals surface area contributed by atoms with Crippen molar-refractivity contribution in [2.24, 2.45) is 0 Å². The van der Waals surface area contributed by atoms with Crippen molar-refractivity contribution in [3.8, 4) is 17.2 Å². The van der Waals surface area contributed by atoms with Crippen LogP contribution in [0.15, 0.2) is 40.9 Å². The maximum Gasteiger partial charge on any atom is 0.258 e. The number of rotatable bonds is 8. The van der Waals surface area contributed by atoms with Crippen molar-refractivity contribution in [1.29, 1.82) is 0 Å². The average molecular weight is 422 g/mol. The van der Waals surface area contributed by atoms with Crippen LogP contribution in [0.25, 0.3) is 0 Å². The molecule has 2 aromatic carbocycles. The Morgan fingerprint density at radius 3 is 2.46 bits per heavy atom. The van der Waals surface area contributed by atoms with E-state index in [0.29, 0.717) is 17.2 Å². The molecule has 6 heteroatoms. The van der Waals surface area contributed by atoms with Gasteiger partial charge >= 0.3 is 0 Å². The molecule has 1 amide bonds. The molecular formula is C20H24BrNO4. The van der Waals surface area contributed by atoms with E-state index in [0.717, 1.165) is 16.5 Å². The SMILES string of the molecule is CCc1ccc(OCC(=O)N[C@H](C)c2cc(OC)ccc2OC)c(Br)c1. The number of aryl methyl sites for hydroxylation is 1. The van der Waals surface area contributed by atoms with E-state index in [2.05, 4.69) is 28.2 Å². The van der Waals surface area contributed by atoms with E-state index in [-0.39, 0.29) is 18.6 Å². The highest BCUT2D eigenvalue weighted by Gasteiger charge is 2.16. The number of hydrogen-bond donors (Lipinski definition) is 1. The molecular weight excluding hydrogens is 398 g/mol. The molecule has 0 spiro atoms. The van der Waals surface area contributed by atoms with Crippen LogP contribution < -0.4 is 19.5 Å². The van der Waals surface area contributed by atoms with Crippen molar-refractivity contribution in [2.45, 2.75) is 26.3 Å². The Morgan fingerprint density at radius 1 is 1.12 bits per heavy atom. The maximum absolute atomic E-state index is 12.3. The van der Waals surface area contributed by atoms with Gasteiger partial charge in [0.15, 0.2) is 6.61 Å². The van der Waals surface area contributed by atoms with Crippen molar-refractivity contribution in [3.63, 3.8) is 0 Å². The molecule has 0 radical (unpaired) electrons. The van der Waals surface area contributed by atoms with Crippen LogP contribution in [0, 0.1) is 0 Å². The molecule has 0 aliphatic heterocycles. The molecule has 0 aromatic heterocycles. The maximum atomic E-state index is 12.3. The van der Waals surface area contributed by atoms with Crippen molar-refractivity contribution in [3.05, 3.63) is 52.0 Å². The molecule has 1 atom stereocenters. The van der Waals surface area contributed by atoms with E-state index >= 15 is 0 Å². The number of carbonyl (C=O) groups is 1. The summed E-state index contributed by atoms with van der Waals surface area (Å²) in [6.45, 7) is 3.91. The first-order valence-electron chi connectivity index (χ1n) is 8.41. The van der Waals surface area contributed by atoms with Gasteiger partial charge in [-0.05, 0) is 65.2 Å². The first-order chi connectivity index (χ1) is 12.5. The van der Waals surface area contributed by atoms with Crippen LogP contribution in [-0.4, -0.2) is 26.7 Å². The highest BCUT2D eigenvalue weighted by molar-refractivity contribution is 9.10. The fraction of sp³-hybridized carbons (Fsp3) is 0.350. The smallest absolute Gasteiger partial charge is 0.258 e. The van der Waals surface area contributed by atoms with Crippen LogP contribution in [-0.2, 0) is 11.2 Å². The third kappa shape index (κ3) is 5.14. The molecule has 0 aliphatic carbocycles. The van der Waals surface area contributed by atoms with Gasteiger partial charge in [0.25, 0.3) is 5.91 Å². The number of carbonyl (C=O) groups excluding carboxylic acids is 1. The lowest BCUT2D eigenvalue weighted by atomic mass is 10.1. The fourth-order valence-corrected chi connectivity index (χ4v) is 3.10. The van der Waals surface area contributed by atoms with E-state index in [1.54, 1.807) is 14.2 Å². The molecule has 5 nitrogen and oxygen atoms in total. The predicted molar refractivity (Wildman–Crippen MR) is 105 cm³/mol. The molecule has 0 bridgehead atoms. The van der Waals surface area contributed by atoms with Crippen molar-refractivity contribution in [1.82, 2.24) is 5.32 Å². The molecule has 2 aromatic rings. The van der Waals surface area contributed by atoms with Crippen LogP contribution in [0.5, 0.6) is 17.2 Å². The first kappa shape index (κ1) is 20.1. The summed E-state index contributed by atoms with van der Waals surface area (Å²) in [5.41, 5.74) is 2.04. The normalized spacial score (nSPS) is 11.6. The van der Waals surface area contributed by atoms with Gasteiger partial charge in [0.1, 0.15) is 17.2 Å². The second-order valence-electron chi connectivity index (χ2n) is 5.80. The number of benzene rings is 2. The Balaban J connectivity index is 1.99. The molecule has 0 aliphatic rings. The van der Waals surface area contributed by atoms with Crippen LogP contribution in [0.1, 0.15) is 31.0 Å². The largest absolute Gasteiger partial charge is 0.497 e. The summed E-state index contributed by atoms with van der Waals surface area (Å²) >= 11 is 3.47. The number of ether oxygens (including phenoxy) is 3. The minimum atomic E-state index is -0.248. The Bertz CT molecular complexity index is 763. The lowest BCUT2D eigenvalue weighted by molar-refractivity contribution is -0.123. The summed E-state index contributed by atoms with van der Waals surface area (Å²) in [7, 11) is 3.20. The van der Waals surface area contributed by atoms with Gasteiger partial charge in [-0.15, -0.1) is 0 Å². The quantitative estimate of drug-likeness (QED) is 0.690. The predicted octanol–water partition coefficient (Wildman–Crippen LogP) is 4.28. The van der Waals surface area contributed by atoms with Gasteiger partial charge in [0.2, 0.25) is 0 Å². The topological polar surface area (TPSA) is 56.8 Å². The van der Waals surface area contributed by atoms with Crippen LogP contribution >= 0.6 is 15.9 Å². The lowest BCUT2D eigenvalue weighted by Gasteiger charge is -2.18. The van der Waals surface area contributed by atoms with Crippen molar-refractivity contribution in [2.75, 3.05) is 20.8 Å². The van der Waals surface area contributed by atoms with Gasteiger partial charge in [0, 0.05) is 5.56 Å². The van der Waals surface area contributed by atoms with Crippen LogP contribution in [0.2, 0.25) is 0 Å². The van der Waals surface area contributed by atoms with Gasteiger partial charge in [-0.25, -0.2) is 0 Å². The highest BCUT2D eigenvalue weighted by Crippen LogP contribution is 2.29. The molecule has 2 rings (SSSR count). The van der Waals surface area contributed by atoms with Crippen LogP contribution in [0.3, 0.4) is 0 Å². The van der Waals surface area contributed by atoms with Gasteiger partial charge in [0.05, 0.1) is 24.7 Å². The zero-order valence-corrected chi connectivity index (χ0v) is 17.1. The zero-order valence-electron chi connectivity index (χ0n) is 15.5. The summed E-state index contributed by atoms with van der Waals surface area (Å²) < 4.78 is 17.1. The molecule has 0 heterocycles. The van der Waals surface area contributed by atoms with Crippen molar-refractivity contribution < 1.29 is 19.0 Å². The summed E-state index contributed by atoms with van der Waals surface area (Å²) in [5, 5.41) is 2.92. The number of hydrogen-bond acceptors (Lipinski definition) is 4. The fourth-order valence-electron chi connectivity index (χ4n) is 2.56. The number of methoxy groups -OCH3 is 2. The number of nitrogens with one attached hydrogen (secondary N) is 1. The average Bonchev–Trinajstić information content (AvgIpc) is 2.66.